The number of halogens is 1. The van der Waals surface area contributed by atoms with Gasteiger partial charge >= 0.3 is 5.97 Å². The number of hydrogen-bond acceptors (Lipinski definition) is 7. The van der Waals surface area contributed by atoms with Crippen molar-refractivity contribution in [3.63, 3.8) is 0 Å². The molecule has 152 valence electrons. The van der Waals surface area contributed by atoms with Crippen LogP contribution in [0.1, 0.15) is 12.1 Å². The van der Waals surface area contributed by atoms with E-state index in [1.807, 2.05) is 30.3 Å². The molecule has 3 aromatic rings. The highest BCUT2D eigenvalue weighted by atomic mass is 35.5. The highest BCUT2D eigenvalue weighted by Crippen LogP contribution is 2.21. The number of carbonyl (C=O) groups is 1. The second-order valence-corrected chi connectivity index (χ2v) is 8.96. The summed E-state index contributed by atoms with van der Waals surface area (Å²) < 4.78 is 31.8. The maximum atomic E-state index is 12.2. The lowest BCUT2D eigenvalue weighted by Crippen LogP contribution is -2.26. The van der Waals surface area contributed by atoms with E-state index < -0.39 is 16.0 Å². The largest absolute Gasteiger partial charge is 0.459 e. The molecular weight excluding hydrogens is 434 g/mol. The maximum absolute atomic E-state index is 12.2. The second-order valence-electron chi connectivity index (χ2n) is 5.90. The van der Waals surface area contributed by atoms with Crippen LogP contribution in [0.15, 0.2) is 64.9 Å². The summed E-state index contributed by atoms with van der Waals surface area (Å²) in [6.07, 6.45) is -0.0982. The molecular formula is C19H18ClN3O4S2. The van der Waals surface area contributed by atoms with E-state index in [9.17, 15) is 13.2 Å². The summed E-state index contributed by atoms with van der Waals surface area (Å²) in [7, 11) is -3.73. The van der Waals surface area contributed by atoms with Gasteiger partial charge in [0.15, 0.2) is 5.13 Å². The van der Waals surface area contributed by atoms with E-state index in [-0.39, 0.29) is 24.5 Å². The minimum Gasteiger partial charge on any atom is -0.459 e. The van der Waals surface area contributed by atoms with Crippen LogP contribution in [-0.4, -0.2) is 25.9 Å². The number of anilines is 2. The molecule has 0 saturated heterocycles. The van der Waals surface area contributed by atoms with Crippen LogP contribution in [-0.2, 0) is 26.2 Å². The van der Waals surface area contributed by atoms with E-state index >= 15 is 0 Å². The van der Waals surface area contributed by atoms with Crippen molar-refractivity contribution in [1.29, 1.82) is 0 Å². The van der Waals surface area contributed by atoms with Gasteiger partial charge in [-0.25, -0.2) is 18.1 Å². The zero-order valence-electron chi connectivity index (χ0n) is 15.2. The smallest absolute Gasteiger partial charge is 0.307 e. The number of hydrogen-bond donors (Lipinski definition) is 2. The fourth-order valence-electron chi connectivity index (χ4n) is 2.31. The Morgan fingerprint density at radius 1 is 1.14 bits per heavy atom. The Bertz CT molecular complexity index is 1070. The Labute approximate surface area is 177 Å². The van der Waals surface area contributed by atoms with Crippen LogP contribution in [0, 0.1) is 0 Å². The molecule has 0 fully saturated rings. The van der Waals surface area contributed by atoms with Gasteiger partial charge in [0.2, 0.25) is 10.0 Å². The molecule has 2 N–H and O–H groups in total. The first kappa shape index (κ1) is 21.3. The molecule has 0 aliphatic carbocycles. The van der Waals surface area contributed by atoms with Crippen molar-refractivity contribution in [2.75, 3.05) is 11.9 Å². The SMILES string of the molecule is O=C(CCNS(=O)(=O)c1cccc(Cl)c1)OCc1csc(Nc2ccccc2)n1. The Balaban J connectivity index is 1.42. The van der Waals surface area contributed by atoms with Crippen molar-refractivity contribution >= 4 is 49.7 Å². The average Bonchev–Trinajstić information content (AvgIpc) is 3.14. The van der Waals surface area contributed by atoms with Gasteiger partial charge in [-0.05, 0) is 30.3 Å². The van der Waals surface area contributed by atoms with Gasteiger partial charge in [0.1, 0.15) is 6.61 Å². The first-order valence-electron chi connectivity index (χ1n) is 8.60. The maximum Gasteiger partial charge on any atom is 0.307 e. The van der Waals surface area contributed by atoms with Crippen molar-refractivity contribution in [3.05, 3.63) is 70.7 Å². The van der Waals surface area contributed by atoms with Crippen molar-refractivity contribution in [1.82, 2.24) is 9.71 Å². The third-order valence-corrected chi connectivity index (χ3v) is 6.19. The fourth-order valence-corrected chi connectivity index (χ4v) is 4.35. The van der Waals surface area contributed by atoms with E-state index in [2.05, 4.69) is 15.0 Å². The summed E-state index contributed by atoms with van der Waals surface area (Å²) in [6.45, 7) is -0.0571. The Kier molecular flexibility index (Phi) is 7.21. The number of esters is 1. The van der Waals surface area contributed by atoms with Crippen LogP contribution in [0.3, 0.4) is 0 Å². The molecule has 0 aliphatic rings. The number of ether oxygens (including phenoxy) is 1. The normalized spacial score (nSPS) is 11.2. The topological polar surface area (TPSA) is 97.4 Å². The van der Waals surface area contributed by atoms with Crippen LogP contribution in [0.5, 0.6) is 0 Å². The number of thiazole rings is 1. The molecule has 3 rings (SSSR count). The summed E-state index contributed by atoms with van der Waals surface area (Å²) in [5, 5.41) is 5.96. The molecule has 0 saturated carbocycles. The minimum absolute atomic E-state index is 0.0207. The first-order valence-corrected chi connectivity index (χ1v) is 11.3. The van der Waals surface area contributed by atoms with Crippen LogP contribution in [0.2, 0.25) is 5.02 Å². The second kappa shape index (κ2) is 9.84. The molecule has 2 aromatic carbocycles. The lowest BCUT2D eigenvalue weighted by Gasteiger charge is -2.07. The molecule has 0 atom stereocenters. The van der Waals surface area contributed by atoms with Crippen LogP contribution in [0.4, 0.5) is 10.8 Å². The molecule has 29 heavy (non-hydrogen) atoms. The van der Waals surface area contributed by atoms with Crippen molar-refractivity contribution in [3.8, 4) is 0 Å². The molecule has 0 aliphatic heterocycles. The standard InChI is InChI=1S/C19H18ClN3O4S2/c20-14-5-4-8-17(11-14)29(25,26)21-10-9-18(24)27-12-16-13-28-19(23-16)22-15-6-2-1-3-7-15/h1-8,11,13,21H,9-10,12H2,(H,22,23). The summed E-state index contributed by atoms with van der Waals surface area (Å²) in [5.41, 5.74) is 1.53. The van der Waals surface area contributed by atoms with Gasteiger partial charge in [-0.3, -0.25) is 4.79 Å². The van der Waals surface area contributed by atoms with Gasteiger partial charge in [-0.2, -0.15) is 0 Å². The van der Waals surface area contributed by atoms with E-state index in [0.29, 0.717) is 15.8 Å². The first-order chi connectivity index (χ1) is 13.9. The monoisotopic (exact) mass is 451 g/mol. The minimum atomic E-state index is -3.73. The van der Waals surface area contributed by atoms with E-state index in [4.69, 9.17) is 16.3 Å². The van der Waals surface area contributed by atoms with Crippen molar-refractivity contribution in [2.24, 2.45) is 0 Å². The molecule has 0 bridgehead atoms. The molecule has 10 heteroatoms. The molecule has 1 heterocycles. The van der Waals surface area contributed by atoms with E-state index in [0.717, 1.165) is 5.69 Å². The lowest BCUT2D eigenvalue weighted by molar-refractivity contribution is -0.144. The van der Waals surface area contributed by atoms with Gasteiger partial charge in [-0.15, -0.1) is 11.3 Å². The average molecular weight is 452 g/mol. The van der Waals surface area contributed by atoms with Gasteiger partial charge < -0.3 is 10.1 Å². The zero-order chi connectivity index (χ0) is 20.7. The molecule has 1 aromatic heterocycles. The quantitative estimate of drug-likeness (QED) is 0.478. The van der Waals surface area contributed by atoms with Gasteiger partial charge in [0.05, 0.1) is 17.0 Å². The van der Waals surface area contributed by atoms with Crippen LogP contribution >= 0.6 is 22.9 Å². The highest BCUT2D eigenvalue weighted by molar-refractivity contribution is 7.89. The number of para-hydroxylation sites is 1. The summed E-state index contributed by atoms with van der Waals surface area (Å²) in [5.74, 6) is -0.524. The number of benzene rings is 2. The third-order valence-electron chi connectivity index (χ3n) is 3.69. The molecule has 0 amide bonds. The fraction of sp³-hybridized carbons (Fsp3) is 0.158. The number of carbonyl (C=O) groups excluding carboxylic acids is 1. The Hall–Kier alpha value is -2.46. The zero-order valence-corrected chi connectivity index (χ0v) is 17.6. The molecule has 0 spiro atoms. The number of rotatable bonds is 9. The molecule has 7 nitrogen and oxygen atoms in total. The van der Waals surface area contributed by atoms with Crippen molar-refractivity contribution in [2.45, 2.75) is 17.9 Å². The highest BCUT2D eigenvalue weighted by Gasteiger charge is 2.15. The van der Waals surface area contributed by atoms with Crippen molar-refractivity contribution < 1.29 is 17.9 Å². The number of sulfonamides is 1. The van der Waals surface area contributed by atoms with Crippen LogP contribution in [0.25, 0.3) is 0 Å². The van der Waals surface area contributed by atoms with E-state index in [1.54, 1.807) is 17.5 Å². The van der Waals surface area contributed by atoms with Crippen LogP contribution < -0.4 is 10.0 Å². The van der Waals surface area contributed by atoms with E-state index in [1.165, 1.54) is 23.5 Å². The van der Waals surface area contributed by atoms with Gasteiger partial charge in [0.25, 0.3) is 0 Å². The summed E-state index contributed by atoms with van der Waals surface area (Å²) in [6, 6.07) is 15.5. The molecule has 0 radical (unpaired) electrons. The van der Waals surface area contributed by atoms with Gasteiger partial charge in [-0.1, -0.05) is 35.9 Å². The third kappa shape index (κ3) is 6.53. The predicted molar refractivity (Wildman–Crippen MR) is 113 cm³/mol. The Morgan fingerprint density at radius 3 is 2.69 bits per heavy atom. The van der Waals surface area contributed by atoms with Gasteiger partial charge in [0, 0.05) is 22.6 Å². The predicted octanol–water partition coefficient (Wildman–Crippen LogP) is 3.95. The number of nitrogens with one attached hydrogen (secondary N) is 2. The lowest BCUT2D eigenvalue weighted by atomic mass is 10.3. The summed E-state index contributed by atoms with van der Waals surface area (Å²) >= 11 is 7.21. The number of nitrogens with zero attached hydrogens (tertiary/aromatic N) is 1. The Morgan fingerprint density at radius 2 is 1.93 bits per heavy atom. The molecule has 0 unspecified atom stereocenters. The number of aromatic nitrogens is 1. The summed E-state index contributed by atoms with van der Waals surface area (Å²) in [4.78, 5) is 16.3.